The summed E-state index contributed by atoms with van der Waals surface area (Å²) in [6, 6.07) is 6.68. The van der Waals surface area contributed by atoms with E-state index < -0.39 is 24.4 Å². The van der Waals surface area contributed by atoms with E-state index in [0.717, 1.165) is 0 Å². The minimum absolute atomic E-state index is 0.0512. The normalized spacial score (nSPS) is 16.6. The summed E-state index contributed by atoms with van der Waals surface area (Å²) in [5.41, 5.74) is 0.330. The number of aromatic nitrogens is 1. The molecule has 0 spiro atoms. The van der Waals surface area contributed by atoms with E-state index in [1.165, 1.54) is 17.4 Å². The zero-order chi connectivity index (χ0) is 18.5. The van der Waals surface area contributed by atoms with E-state index in [4.69, 9.17) is 20.8 Å². The molecule has 9 heteroatoms. The standard InChI is InChI=1S/C17H16ClN3O5/c18-16-13(4-1-5-19-16)20-14(22)10-26-17(24)11-7-15(23)21(8-11)9-12-3-2-6-25-12/h1-6,11H,7-10H2,(H,20,22)/t11-/m1/s1. The van der Waals surface area contributed by atoms with Gasteiger partial charge in [0.05, 0.1) is 24.4 Å². The Morgan fingerprint density at radius 1 is 1.38 bits per heavy atom. The van der Waals surface area contributed by atoms with Gasteiger partial charge in [-0.05, 0) is 24.3 Å². The largest absolute Gasteiger partial charge is 0.467 e. The molecular weight excluding hydrogens is 362 g/mol. The molecule has 136 valence electrons. The molecule has 3 heterocycles. The number of furan rings is 1. The van der Waals surface area contributed by atoms with E-state index in [9.17, 15) is 14.4 Å². The van der Waals surface area contributed by atoms with Gasteiger partial charge in [0.2, 0.25) is 5.91 Å². The van der Waals surface area contributed by atoms with Crippen LogP contribution in [-0.4, -0.2) is 40.8 Å². The summed E-state index contributed by atoms with van der Waals surface area (Å²) >= 11 is 5.84. The number of rotatable bonds is 6. The molecule has 0 bridgehead atoms. The first-order chi connectivity index (χ1) is 12.5. The molecular formula is C17H16ClN3O5. The van der Waals surface area contributed by atoms with Crippen molar-refractivity contribution in [2.24, 2.45) is 5.92 Å². The molecule has 2 aromatic heterocycles. The van der Waals surface area contributed by atoms with Crippen molar-refractivity contribution < 1.29 is 23.5 Å². The predicted molar refractivity (Wildman–Crippen MR) is 91.1 cm³/mol. The average molecular weight is 378 g/mol. The van der Waals surface area contributed by atoms with Crippen molar-refractivity contribution >= 4 is 35.1 Å². The van der Waals surface area contributed by atoms with Crippen LogP contribution in [0.4, 0.5) is 5.69 Å². The van der Waals surface area contributed by atoms with Crippen LogP contribution < -0.4 is 5.32 Å². The molecule has 0 aromatic carbocycles. The van der Waals surface area contributed by atoms with Crippen LogP contribution in [0.25, 0.3) is 0 Å². The van der Waals surface area contributed by atoms with Crippen molar-refractivity contribution in [1.82, 2.24) is 9.88 Å². The van der Waals surface area contributed by atoms with Crippen LogP contribution in [-0.2, 0) is 25.7 Å². The second-order valence-electron chi connectivity index (χ2n) is 5.75. The lowest BCUT2D eigenvalue weighted by Gasteiger charge is -2.14. The third-order valence-corrected chi connectivity index (χ3v) is 4.15. The predicted octanol–water partition coefficient (Wildman–Crippen LogP) is 1.86. The molecule has 2 aromatic rings. The van der Waals surface area contributed by atoms with Crippen molar-refractivity contribution in [3.05, 3.63) is 47.6 Å². The minimum atomic E-state index is -0.604. The highest BCUT2D eigenvalue weighted by Gasteiger charge is 2.35. The van der Waals surface area contributed by atoms with Gasteiger partial charge < -0.3 is 19.4 Å². The second kappa shape index (κ2) is 8.01. The lowest BCUT2D eigenvalue weighted by molar-refractivity contribution is -0.151. The molecule has 1 fully saturated rings. The third-order valence-electron chi connectivity index (χ3n) is 3.85. The lowest BCUT2D eigenvalue weighted by Crippen LogP contribution is -2.28. The van der Waals surface area contributed by atoms with Crippen LogP contribution in [0.2, 0.25) is 5.15 Å². The third kappa shape index (κ3) is 4.40. The number of hydrogen-bond acceptors (Lipinski definition) is 6. The van der Waals surface area contributed by atoms with E-state index in [0.29, 0.717) is 18.0 Å². The number of pyridine rings is 1. The van der Waals surface area contributed by atoms with Crippen LogP contribution >= 0.6 is 11.6 Å². The number of esters is 1. The number of halogens is 1. The first kappa shape index (κ1) is 17.9. The SMILES string of the molecule is O=C(COC(=O)[C@@H]1CC(=O)N(Cc2ccco2)C1)Nc1cccnc1Cl. The smallest absolute Gasteiger partial charge is 0.311 e. The maximum Gasteiger partial charge on any atom is 0.311 e. The molecule has 0 radical (unpaired) electrons. The monoisotopic (exact) mass is 377 g/mol. The van der Waals surface area contributed by atoms with Crippen molar-refractivity contribution in [3.8, 4) is 0 Å². The quantitative estimate of drug-likeness (QED) is 0.609. The number of likely N-dealkylation sites (tertiary alicyclic amines) is 1. The summed E-state index contributed by atoms with van der Waals surface area (Å²) in [5.74, 6) is -1.25. The molecule has 1 aliphatic rings. The first-order valence-corrected chi connectivity index (χ1v) is 8.28. The van der Waals surface area contributed by atoms with Crippen LogP contribution in [0.5, 0.6) is 0 Å². The zero-order valence-electron chi connectivity index (χ0n) is 13.7. The topological polar surface area (TPSA) is 102 Å². The highest BCUT2D eigenvalue weighted by molar-refractivity contribution is 6.32. The van der Waals surface area contributed by atoms with E-state index in [1.54, 1.807) is 24.3 Å². The Labute approximate surface area is 154 Å². The minimum Gasteiger partial charge on any atom is -0.467 e. The van der Waals surface area contributed by atoms with Gasteiger partial charge in [-0.1, -0.05) is 11.6 Å². The summed E-state index contributed by atoms with van der Waals surface area (Å²) < 4.78 is 10.2. The van der Waals surface area contributed by atoms with E-state index >= 15 is 0 Å². The number of carbonyl (C=O) groups is 3. The van der Waals surface area contributed by atoms with Crippen molar-refractivity contribution in [1.29, 1.82) is 0 Å². The molecule has 0 saturated carbocycles. The Bertz CT molecular complexity index is 808. The number of amides is 2. The van der Waals surface area contributed by atoms with Gasteiger partial charge in [0.1, 0.15) is 5.76 Å². The zero-order valence-corrected chi connectivity index (χ0v) is 14.4. The highest BCUT2D eigenvalue weighted by atomic mass is 35.5. The summed E-state index contributed by atoms with van der Waals surface area (Å²) in [6.45, 7) is 0.0664. The summed E-state index contributed by atoms with van der Waals surface area (Å²) in [6.07, 6.45) is 3.06. The molecule has 26 heavy (non-hydrogen) atoms. The maximum atomic E-state index is 12.1. The molecule has 1 N–H and O–H groups in total. The Balaban J connectivity index is 1.47. The molecule has 1 saturated heterocycles. The molecule has 1 atom stereocenters. The Kier molecular flexibility index (Phi) is 5.52. The van der Waals surface area contributed by atoms with Gasteiger partial charge in [0.25, 0.3) is 5.91 Å². The number of nitrogens with zero attached hydrogens (tertiary/aromatic N) is 2. The van der Waals surface area contributed by atoms with Crippen LogP contribution in [0.3, 0.4) is 0 Å². The Hall–Kier alpha value is -2.87. The van der Waals surface area contributed by atoms with Crippen LogP contribution in [0.15, 0.2) is 41.1 Å². The molecule has 8 nitrogen and oxygen atoms in total. The van der Waals surface area contributed by atoms with Gasteiger partial charge in [-0.15, -0.1) is 0 Å². The van der Waals surface area contributed by atoms with Crippen LogP contribution in [0, 0.1) is 5.92 Å². The van der Waals surface area contributed by atoms with Gasteiger partial charge in [-0.25, -0.2) is 4.98 Å². The van der Waals surface area contributed by atoms with Crippen LogP contribution in [0.1, 0.15) is 12.2 Å². The molecule has 1 aliphatic heterocycles. The first-order valence-electron chi connectivity index (χ1n) is 7.90. The van der Waals surface area contributed by atoms with Crippen molar-refractivity contribution in [2.75, 3.05) is 18.5 Å². The number of anilines is 1. The fourth-order valence-electron chi connectivity index (χ4n) is 2.59. The number of ether oxygens (including phenoxy) is 1. The summed E-state index contributed by atoms with van der Waals surface area (Å²) in [5, 5.41) is 2.64. The molecule has 0 unspecified atom stereocenters. The fraction of sp³-hybridized carbons (Fsp3) is 0.294. The number of carbonyl (C=O) groups excluding carboxylic acids is 3. The summed E-state index contributed by atoms with van der Waals surface area (Å²) in [7, 11) is 0. The van der Waals surface area contributed by atoms with Gasteiger partial charge in [-0.2, -0.15) is 0 Å². The van der Waals surface area contributed by atoms with Gasteiger partial charge in [0.15, 0.2) is 11.8 Å². The van der Waals surface area contributed by atoms with Crippen molar-refractivity contribution in [2.45, 2.75) is 13.0 Å². The lowest BCUT2D eigenvalue weighted by atomic mass is 10.1. The van der Waals surface area contributed by atoms with E-state index in [1.807, 2.05) is 0 Å². The number of hydrogen-bond donors (Lipinski definition) is 1. The Morgan fingerprint density at radius 3 is 2.96 bits per heavy atom. The number of nitrogens with one attached hydrogen (secondary N) is 1. The van der Waals surface area contributed by atoms with Gasteiger partial charge in [0, 0.05) is 19.2 Å². The summed E-state index contributed by atoms with van der Waals surface area (Å²) in [4.78, 5) is 41.3. The maximum absolute atomic E-state index is 12.1. The van der Waals surface area contributed by atoms with E-state index in [2.05, 4.69) is 10.3 Å². The molecule has 2 amide bonds. The van der Waals surface area contributed by atoms with Gasteiger partial charge >= 0.3 is 5.97 Å². The molecule has 0 aliphatic carbocycles. The molecule has 3 rings (SSSR count). The fourth-order valence-corrected chi connectivity index (χ4v) is 2.76. The van der Waals surface area contributed by atoms with E-state index in [-0.39, 0.29) is 24.0 Å². The average Bonchev–Trinajstić information content (AvgIpc) is 3.25. The highest BCUT2D eigenvalue weighted by Crippen LogP contribution is 2.22. The Morgan fingerprint density at radius 2 is 2.23 bits per heavy atom. The van der Waals surface area contributed by atoms with Crippen molar-refractivity contribution in [3.63, 3.8) is 0 Å². The van der Waals surface area contributed by atoms with Gasteiger partial charge in [-0.3, -0.25) is 14.4 Å². The second-order valence-corrected chi connectivity index (χ2v) is 6.11.